The Labute approximate surface area is 140 Å². The van der Waals surface area contributed by atoms with Crippen LogP contribution < -0.4 is 4.90 Å². The van der Waals surface area contributed by atoms with E-state index in [1.54, 1.807) is 0 Å². The maximum Gasteiger partial charge on any atom is 0.129 e. The van der Waals surface area contributed by atoms with Crippen molar-refractivity contribution in [1.29, 1.82) is 0 Å². The Morgan fingerprint density at radius 3 is 2.46 bits per heavy atom. The summed E-state index contributed by atoms with van der Waals surface area (Å²) in [5, 5.41) is 1.19. The molecule has 118 valence electrons. The van der Waals surface area contributed by atoms with E-state index in [2.05, 4.69) is 69.9 Å². The summed E-state index contributed by atoms with van der Waals surface area (Å²) in [6.07, 6.45) is 0. The van der Waals surface area contributed by atoms with E-state index in [9.17, 15) is 0 Å². The van der Waals surface area contributed by atoms with Gasteiger partial charge < -0.3 is 9.47 Å². The molecule has 1 saturated heterocycles. The van der Waals surface area contributed by atoms with E-state index in [1.807, 2.05) is 12.1 Å². The van der Waals surface area contributed by atoms with Gasteiger partial charge in [0.1, 0.15) is 11.6 Å². The van der Waals surface area contributed by atoms with Crippen LogP contribution in [-0.4, -0.2) is 27.6 Å². The Bertz CT molecular complexity index is 1040. The van der Waals surface area contributed by atoms with Crippen LogP contribution in [0.15, 0.2) is 60.7 Å². The highest BCUT2D eigenvalue weighted by Crippen LogP contribution is 2.31. The van der Waals surface area contributed by atoms with Crippen LogP contribution in [0.5, 0.6) is 0 Å². The van der Waals surface area contributed by atoms with Crippen molar-refractivity contribution in [3.8, 4) is 0 Å². The standard InChI is InChI=1S/C20H18N4/c1-14-21-18-8-4-5-9-19(18)24(14)16-12-23(13-16)20-11-10-15-6-2-3-7-17(15)22-20/h2-11,16H,12-13H2,1H3. The smallest absolute Gasteiger partial charge is 0.129 e. The number of nitrogens with zero attached hydrogens (tertiary/aromatic N) is 4. The van der Waals surface area contributed by atoms with E-state index in [0.29, 0.717) is 6.04 Å². The van der Waals surface area contributed by atoms with Crippen LogP contribution in [0.3, 0.4) is 0 Å². The lowest BCUT2D eigenvalue weighted by Gasteiger charge is -2.41. The van der Waals surface area contributed by atoms with Gasteiger partial charge in [-0.25, -0.2) is 9.97 Å². The molecule has 0 radical (unpaired) electrons. The zero-order valence-electron chi connectivity index (χ0n) is 13.6. The number of pyridine rings is 1. The number of hydrogen-bond acceptors (Lipinski definition) is 3. The molecule has 0 aliphatic carbocycles. The first kappa shape index (κ1) is 13.5. The summed E-state index contributed by atoms with van der Waals surface area (Å²) in [6, 6.07) is 21.4. The molecule has 0 saturated carbocycles. The van der Waals surface area contributed by atoms with Gasteiger partial charge in [0.05, 0.1) is 22.6 Å². The van der Waals surface area contributed by atoms with Gasteiger partial charge >= 0.3 is 0 Å². The van der Waals surface area contributed by atoms with Crippen LogP contribution in [0.4, 0.5) is 5.82 Å². The summed E-state index contributed by atoms with van der Waals surface area (Å²) in [4.78, 5) is 11.8. The van der Waals surface area contributed by atoms with Gasteiger partial charge in [0.25, 0.3) is 0 Å². The van der Waals surface area contributed by atoms with Gasteiger partial charge in [-0.2, -0.15) is 0 Å². The van der Waals surface area contributed by atoms with Gasteiger partial charge in [0.15, 0.2) is 0 Å². The van der Waals surface area contributed by atoms with Gasteiger partial charge in [-0.3, -0.25) is 0 Å². The second kappa shape index (κ2) is 5.06. The minimum Gasteiger partial charge on any atom is -0.352 e. The molecule has 2 aromatic heterocycles. The third kappa shape index (κ3) is 1.99. The summed E-state index contributed by atoms with van der Waals surface area (Å²) >= 11 is 0. The Kier molecular flexibility index (Phi) is 2.86. The zero-order valence-corrected chi connectivity index (χ0v) is 13.6. The lowest BCUT2D eigenvalue weighted by molar-refractivity contribution is 0.399. The van der Waals surface area contributed by atoms with Crippen LogP contribution in [0.2, 0.25) is 0 Å². The predicted octanol–water partition coefficient (Wildman–Crippen LogP) is 3.95. The topological polar surface area (TPSA) is 34.0 Å². The van der Waals surface area contributed by atoms with Crippen molar-refractivity contribution in [3.63, 3.8) is 0 Å². The molecule has 0 N–H and O–H groups in total. The molecular weight excluding hydrogens is 296 g/mol. The molecule has 24 heavy (non-hydrogen) atoms. The SMILES string of the molecule is Cc1nc2ccccc2n1C1CN(c2ccc3ccccc3n2)C1. The molecule has 1 fully saturated rings. The number of imidazole rings is 1. The minimum absolute atomic E-state index is 0.464. The summed E-state index contributed by atoms with van der Waals surface area (Å²) in [6.45, 7) is 4.05. The summed E-state index contributed by atoms with van der Waals surface area (Å²) in [7, 11) is 0. The van der Waals surface area contributed by atoms with Crippen molar-refractivity contribution in [3.05, 3.63) is 66.5 Å². The molecule has 0 unspecified atom stereocenters. The Hall–Kier alpha value is -2.88. The van der Waals surface area contributed by atoms with Crippen molar-refractivity contribution in [1.82, 2.24) is 14.5 Å². The highest BCUT2D eigenvalue weighted by atomic mass is 15.3. The number of aryl methyl sites for hydroxylation is 1. The molecule has 4 aromatic rings. The molecule has 0 bridgehead atoms. The molecule has 4 heteroatoms. The van der Waals surface area contributed by atoms with Crippen LogP contribution in [-0.2, 0) is 0 Å². The van der Waals surface area contributed by atoms with E-state index in [1.165, 1.54) is 10.9 Å². The second-order valence-corrected chi connectivity index (χ2v) is 6.44. The van der Waals surface area contributed by atoms with Gasteiger partial charge in [-0.15, -0.1) is 0 Å². The Balaban J connectivity index is 1.44. The maximum absolute atomic E-state index is 4.80. The predicted molar refractivity (Wildman–Crippen MR) is 97.5 cm³/mol. The van der Waals surface area contributed by atoms with E-state index >= 15 is 0 Å². The van der Waals surface area contributed by atoms with E-state index in [4.69, 9.17) is 4.98 Å². The molecule has 3 heterocycles. The quantitative estimate of drug-likeness (QED) is 0.562. The maximum atomic E-state index is 4.80. The number of hydrogen-bond donors (Lipinski definition) is 0. The van der Waals surface area contributed by atoms with Crippen LogP contribution >= 0.6 is 0 Å². The molecule has 0 atom stereocenters. The summed E-state index contributed by atoms with van der Waals surface area (Å²) < 4.78 is 2.37. The van der Waals surface area contributed by atoms with Crippen LogP contribution in [0.25, 0.3) is 21.9 Å². The number of aromatic nitrogens is 3. The molecule has 2 aromatic carbocycles. The molecular formula is C20H18N4. The fourth-order valence-electron chi connectivity index (χ4n) is 3.66. The zero-order chi connectivity index (χ0) is 16.1. The molecule has 1 aliphatic rings. The lowest BCUT2D eigenvalue weighted by atomic mass is 10.1. The monoisotopic (exact) mass is 314 g/mol. The fourth-order valence-corrected chi connectivity index (χ4v) is 3.66. The molecule has 5 rings (SSSR count). The third-order valence-corrected chi connectivity index (χ3v) is 4.91. The van der Waals surface area contributed by atoms with Crippen molar-refractivity contribution < 1.29 is 0 Å². The normalized spacial score (nSPS) is 15.1. The van der Waals surface area contributed by atoms with Crippen LogP contribution in [0, 0.1) is 6.92 Å². The summed E-state index contributed by atoms with van der Waals surface area (Å²) in [5.74, 6) is 2.15. The third-order valence-electron chi connectivity index (χ3n) is 4.91. The number of fused-ring (bicyclic) bond motifs is 2. The second-order valence-electron chi connectivity index (χ2n) is 6.44. The number of anilines is 1. The number of benzene rings is 2. The average molecular weight is 314 g/mol. The number of para-hydroxylation sites is 3. The molecule has 0 spiro atoms. The van der Waals surface area contributed by atoms with Crippen molar-refractivity contribution in [2.45, 2.75) is 13.0 Å². The highest BCUT2D eigenvalue weighted by molar-refractivity contribution is 5.80. The van der Waals surface area contributed by atoms with Crippen molar-refractivity contribution in [2.75, 3.05) is 18.0 Å². The first-order chi connectivity index (χ1) is 11.8. The molecule has 4 nitrogen and oxygen atoms in total. The Morgan fingerprint density at radius 2 is 1.58 bits per heavy atom. The Morgan fingerprint density at radius 1 is 0.833 bits per heavy atom. The highest BCUT2D eigenvalue weighted by Gasteiger charge is 2.31. The van der Waals surface area contributed by atoms with Gasteiger partial charge in [0, 0.05) is 18.5 Å². The van der Waals surface area contributed by atoms with E-state index in [0.717, 1.165) is 35.8 Å². The summed E-state index contributed by atoms with van der Waals surface area (Å²) in [5.41, 5.74) is 3.37. The van der Waals surface area contributed by atoms with E-state index in [-0.39, 0.29) is 0 Å². The van der Waals surface area contributed by atoms with Crippen LogP contribution in [0.1, 0.15) is 11.9 Å². The fraction of sp³-hybridized carbons (Fsp3) is 0.200. The van der Waals surface area contributed by atoms with Crippen molar-refractivity contribution >= 4 is 27.8 Å². The van der Waals surface area contributed by atoms with Gasteiger partial charge in [-0.05, 0) is 37.3 Å². The van der Waals surface area contributed by atoms with Crippen molar-refractivity contribution in [2.24, 2.45) is 0 Å². The van der Waals surface area contributed by atoms with Gasteiger partial charge in [0.2, 0.25) is 0 Å². The number of rotatable bonds is 2. The largest absolute Gasteiger partial charge is 0.352 e. The molecule has 0 amide bonds. The van der Waals surface area contributed by atoms with E-state index < -0.39 is 0 Å². The first-order valence-electron chi connectivity index (χ1n) is 8.34. The molecule has 1 aliphatic heterocycles. The van der Waals surface area contributed by atoms with Gasteiger partial charge in [-0.1, -0.05) is 30.3 Å². The minimum atomic E-state index is 0.464. The lowest BCUT2D eigenvalue weighted by Crippen LogP contribution is -2.48. The first-order valence-corrected chi connectivity index (χ1v) is 8.34. The average Bonchev–Trinajstić information content (AvgIpc) is 2.90.